The number of hydrogen-bond acceptors (Lipinski definition) is 3. The summed E-state index contributed by atoms with van der Waals surface area (Å²) in [6.45, 7) is 6.09. The van der Waals surface area contributed by atoms with Crippen LogP contribution in [0.5, 0.6) is 0 Å². The molecule has 0 saturated heterocycles. The van der Waals surface area contributed by atoms with Gasteiger partial charge in [-0.3, -0.25) is 14.7 Å². The second-order valence-electron chi connectivity index (χ2n) is 6.15. The second-order valence-corrected chi connectivity index (χ2v) is 6.15. The number of aromatic amines is 1. The molecule has 0 radical (unpaired) electrons. The van der Waals surface area contributed by atoms with Gasteiger partial charge in [-0.2, -0.15) is 5.10 Å². The molecule has 1 saturated carbocycles. The molecule has 0 spiro atoms. The van der Waals surface area contributed by atoms with Gasteiger partial charge in [0.05, 0.1) is 11.8 Å². The molecule has 6 nitrogen and oxygen atoms in total. The summed E-state index contributed by atoms with van der Waals surface area (Å²) in [6, 6.07) is 1.80. The summed E-state index contributed by atoms with van der Waals surface area (Å²) in [5.74, 6) is -1.09. The van der Waals surface area contributed by atoms with Crippen molar-refractivity contribution in [3.8, 4) is 0 Å². The summed E-state index contributed by atoms with van der Waals surface area (Å²) in [7, 11) is 0. The maximum Gasteiger partial charge on any atom is 0.307 e. The maximum atomic E-state index is 12.3. The lowest BCUT2D eigenvalue weighted by Gasteiger charge is -2.14. The van der Waals surface area contributed by atoms with Crippen LogP contribution in [0.3, 0.4) is 0 Å². The number of carboxylic acids is 1. The van der Waals surface area contributed by atoms with Crippen LogP contribution in [0, 0.1) is 17.8 Å². The quantitative estimate of drug-likeness (QED) is 0.777. The molecule has 6 heteroatoms. The Bertz CT molecular complexity index is 524. The van der Waals surface area contributed by atoms with Crippen molar-refractivity contribution in [1.82, 2.24) is 10.2 Å². The van der Waals surface area contributed by atoms with Crippen LogP contribution in [0.15, 0.2) is 6.07 Å². The first-order valence-corrected chi connectivity index (χ1v) is 7.51. The van der Waals surface area contributed by atoms with Crippen LogP contribution in [0.2, 0.25) is 0 Å². The predicted molar refractivity (Wildman–Crippen MR) is 78.9 cm³/mol. The van der Waals surface area contributed by atoms with Crippen molar-refractivity contribution >= 4 is 17.7 Å². The standard InChI is InChI=1S/C15H23N3O3/c1-4-9-5-10(11(6-9)15(20)21)14(19)16-13-7-12(8(2)3)17-18-13/h7-11H,4-6H2,1-3H3,(H,20,21)(H2,16,17,18,19). The number of amides is 1. The van der Waals surface area contributed by atoms with E-state index in [1.165, 1.54) is 0 Å². The van der Waals surface area contributed by atoms with Crippen LogP contribution >= 0.6 is 0 Å². The third-order valence-corrected chi connectivity index (χ3v) is 4.36. The molecule has 3 N–H and O–H groups in total. The number of nitrogens with zero attached hydrogens (tertiary/aromatic N) is 1. The maximum absolute atomic E-state index is 12.3. The van der Waals surface area contributed by atoms with E-state index in [1.807, 2.05) is 20.8 Å². The average molecular weight is 293 g/mol. The van der Waals surface area contributed by atoms with Crippen molar-refractivity contribution in [2.24, 2.45) is 17.8 Å². The van der Waals surface area contributed by atoms with Gasteiger partial charge in [-0.15, -0.1) is 0 Å². The Morgan fingerprint density at radius 3 is 2.62 bits per heavy atom. The number of nitrogens with one attached hydrogen (secondary N) is 2. The second kappa shape index (κ2) is 6.28. The van der Waals surface area contributed by atoms with Gasteiger partial charge in [0.2, 0.25) is 5.91 Å². The number of carboxylic acid groups (broad SMARTS) is 1. The molecule has 0 aliphatic heterocycles. The topological polar surface area (TPSA) is 95.1 Å². The largest absolute Gasteiger partial charge is 0.481 e. The van der Waals surface area contributed by atoms with Crippen molar-refractivity contribution in [3.05, 3.63) is 11.8 Å². The van der Waals surface area contributed by atoms with Gasteiger partial charge in [-0.05, 0) is 24.7 Å². The van der Waals surface area contributed by atoms with Gasteiger partial charge in [-0.1, -0.05) is 27.2 Å². The fourth-order valence-corrected chi connectivity index (χ4v) is 2.95. The highest BCUT2D eigenvalue weighted by atomic mass is 16.4. The minimum atomic E-state index is -0.879. The van der Waals surface area contributed by atoms with E-state index < -0.39 is 17.8 Å². The van der Waals surface area contributed by atoms with Gasteiger partial charge in [0.1, 0.15) is 0 Å². The molecule has 0 aromatic carbocycles. The normalized spacial score (nSPS) is 25.2. The number of anilines is 1. The monoisotopic (exact) mass is 293 g/mol. The van der Waals surface area contributed by atoms with Crippen molar-refractivity contribution < 1.29 is 14.7 Å². The molecule has 1 aliphatic carbocycles. The molecule has 116 valence electrons. The molecule has 2 rings (SSSR count). The number of carbonyl (C=O) groups excluding carboxylic acids is 1. The van der Waals surface area contributed by atoms with Crippen LogP contribution in [-0.2, 0) is 9.59 Å². The van der Waals surface area contributed by atoms with E-state index in [2.05, 4.69) is 15.5 Å². The fourth-order valence-electron chi connectivity index (χ4n) is 2.95. The van der Waals surface area contributed by atoms with Crippen LogP contribution in [0.4, 0.5) is 5.82 Å². The summed E-state index contributed by atoms with van der Waals surface area (Å²) in [6.07, 6.45) is 2.13. The van der Waals surface area contributed by atoms with E-state index >= 15 is 0 Å². The number of rotatable bonds is 5. The van der Waals surface area contributed by atoms with E-state index in [0.29, 0.717) is 30.5 Å². The van der Waals surface area contributed by atoms with Crippen LogP contribution < -0.4 is 5.32 Å². The smallest absolute Gasteiger partial charge is 0.307 e. The summed E-state index contributed by atoms with van der Waals surface area (Å²) in [5.41, 5.74) is 0.943. The Labute approximate surface area is 124 Å². The molecule has 1 aromatic rings. The molecule has 1 amide bonds. The zero-order valence-corrected chi connectivity index (χ0v) is 12.7. The van der Waals surface area contributed by atoms with Gasteiger partial charge in [0, 0.05) is 11.8 Å². The highest BCUT2D eigenvalue weighted by Crippen LogP contribution is 2.39. The predicted octanol–water partition coefficient (Wildman–Crippen LogP) is 2.61. The fraction of sp³-hybridized carbons (Fsp3) is 0.667. The van der Waals surface area contributed by atoms with Gasteiger partial charge in [0.15, 0.2) is 5.82 Å². The number of carbonyl (C=O) groups is 2. The SMILES string of the molecule is CCC1CC(C(=O)O)C(C(=O)Nc2cc(C(C)C)[nH]n2)C1. The summed E-state index contributed by atoms with van der Waals surface area (Å²) >= 11 is 0. The molecule has 1 aliphatic rings. The van der Waals surface area contributed by atoms with E-state index in [-0.39, 0.29) is 5.91 Å². The van der Waals surface area contributed by atoms with Crippen LogP contribution in [0.1, 0.15) is 51.6 Å². The number of hydrogen-bond donors (Lipinski definition) is 3. The zero-order chi connectivity index (χ0) is 15.6. The number of aromatic nitrogens is 2. The summed E-state index contributed by atoms with van der Waals surface area (Å²) in [5, 5.41) is 19.0. The van der Waals surface area contributed by atoms with E-state index in [4.69, 9.17) is 0 Å². The number of H-pyrrole nitrogens is 1. The average Bonchev–Trinajstić information content (AvgIpc) is 3.04. The molecule has 0 bridgehead atoms. The van der Waals surface area contributed by atoms with E-state index in [0.717, 1.165) is 12.1 Å². The molecule has 1 aromatic heterocycles. The van der Waals surface area contributed by atoms with Gasteiger partial charge in [-0.25, -0.2) is 0 Å². The number of aliphatic carboxylic acids is 1. The highest BCUT2D eigenvalue weighted by molar-refractivity contribution is 5.94. The van der Waals surface area contributed by atoms with Gasteiger partial charge in [0.25, 0.3) is 0 Å². The summed E-state index contributed by atoms with van der Waals surface area (Å²) < 4.78 is 0. The Hall–Kier alpha value is -1.85. The Morgan fingerprint density at radius 2 is 2.10 bits per heavy atom. The molecule has 3 atom stereocenters. The Balaban J connectivity index is 2.05. The van der Waals surface area contributed by atoms with Crippen molar-refractivity contribution in [1.29, 1.82) is 0 Å². The molecule has 1 fully saturated rings. The molecule has 21 heavy (non-hydrogen) atoms. The lowest BCUT2D eigenvalue weighted by atomic mass is 9.95. The lowest BCUT2D eigenvalue weighted by molar-refractivity contribution is -0.145. The van der Waals surface area contributed by atoms with Crippen LogP contribution in [-0.4, -0.2) is 27.2 Å². The molecule has 1 heterocycles. The Kier molecular flexibility index (Phi) is 4.65. The highest BCUT2D eigenvalue weighted by Gasteiger charge is 2.42. The van der Waals surface area contributed by atoms with Crippen molar-refractivity contribution in [3.63, 3.8) is 0 Å². The zero-order valence-electron chi connectivity index (χ0n) is 12.7. The van der Waals surface area contributed by atoms with Gasteiger partial charge >= 0.3 is 5.97 Å². The third kappa shape index (κ3) is 3.43. The minimum absolute atomic E-state index is 0.236. The first kappa shape index (κ1) is 15.5. The summed E-state index contributed by atoms with van der Waals surface area (Å²) in [4.78, 5) is 23.7. The Morgan fingerprint density at radius 1 is 1.43 bits per heavy atom. The van der Waals surface area contributed by atoms with Gasteiger partial charge < -0.3 is 10.4 Å². The molecular formula is C15H23N3O3. The lowest BCUT2D eigenvalue weighted by Crippen LogP contribution is -2.30. The molecular weight excluding hydrogens is 270 g/mol. The van der Waals surface area contributed by atoms with Crippen molar-refractivity contribution in [2.45, 2.75) is 46.0 Å². The first-order chi connectivity index (χ1) is 9.92. The molecule has 3 unspecified atom stereocenters. The van der Waals surface area contributed by atoms with Crippen molar-refractivity contribution in [2.75, 3.05) is 5.32 Å². The first-order valence-electron chi connectivity index (χ1n) is 7.51. The van der Waals surface area contributed by atoms with E-state index in [9.17, 15) is 14.7 Å². The minimum Gasteiger partial charge on any atom is -0.481 e. The van der Waals surface area contributed by atoms with Crippen LogP contribution in [0.25, 0.3) is 0 Å². The third-order valence-electron chi connectivity index (χ3n) is 4.36. The van der Waals surface area contributed by atoms with E-state index in [1.54, 1.807) is 6.07 Å².